The number of ether oxygens (including phenoxy) is 1. The van der Waals surface area contributed by atoms with Crippen LogP contribution in [0.2, 0.25) is 0 Å². The first-order chi connectivity index (χ1) is 4.74. The van der Waals surface area contributed by atoms with E-state index in [0.29, 0.717) is 5.69 Å². The first-order valence-corrected chi connectivity index (χ1v) is 3.53. The summed E-state index contributed by atoms with van der Waals surface area (Å²) in [5, 5.41) is 0. The number of hydrogen-bond acceptors (Lipinski definition) is 4. The van der Waals surface area contributed by atoms with Gasteiger partial charge in [-0.05, 0) is 24.5 Å². The molecule has 0 saturated carbocycles. The molecule has 0 aliphatic carbocycles. The molecule has 1 aromatic rings. The van der Waals surface area contributed by atoms with Gasteiger partial charge in [-0.15, -0.1) is 0 Å². The molecule has 0 aromatic carbocycles. The van der Waals surface area contributed by atoms with Crippen molar-refractivity contribution >= 4 is 17.5 Å². The van der Waals surface area contributed by atoms with Gasteiger partial charge in [0.25, 0.3) is 0 Å². The van der Waals surface area contributed by atoms with Crippen LogP contribution in [0.25, 0.3) is 0 Å². The van der Waals surface area contributed by atoms with Gasteiger partial charge in [-0.1, -0.05) is 0 Å². The average Bonchev–Trinajstić information content (AvgIpc) is 2.34. The second kappa shape index (κ2) is 2.79. The molecule has 0 aliphatic rings. The van der Waals surface area contributed by atoms with Crippen LogP contribution in [0.3, 0.4) is 0 Å². The fraction of sp³-hybridized carbons (Fsp3) is 0.333. The van der Waals surface area contributed by atoms with Gasteiger partial charge in [-0.2, -0.15) is 4.37 Å². The summed E-state index contributed by atoms with van der Waals surface area (Å²) in [4.78, 5) is 11.8. The summed E-state index contributed by atoms with van der Waals surface area (Å²) in [5.74, 6) is -0.371. The average molecular weight is 157 g/mol. The topological polar surface area (TPSA) is 39.2 Å². The first kappa shape index (κ1) is 7.21. The molecule has 0 saturated heterocycles. The Hall–Kier alpha value is -0.900. The number of aryl methyl sites for hydroxylation is 1. The van der Waals surface area contributed by atoms with Crippen LogP contribution in [0.5, 0.6) is 0 Å². The van der Waals surface area contributed by atoms with Gasteiger partial charge in [-0.3, -0.25) is 0 Å². The molecule has 0 amide bonds. The van der Waals surface area contributed by atoms with Gasteiger partial charge in [-0.25, -0.2) is 4.79 Å². The van der Waals surface area contributed by atoms with Gasteiger partial charge in [0.1, 0.15) is 0 Å². The highest BCUT2D eigenvalue weighted by Crippen LogP contribution is 2.08. The zero-order valence-electron chi connectivity index (χ0n) is 5.75. The van der Waals surface area contributed by atoms with Crippen molar-refractivity contribution in [3.05, 3.63) is 16.6 Å². The Balaban J connectivity index is 2.85. The molecule has 0 aliphatic heterocycles. The van der Waals surface area contributed by atoms with Crippen LogP contribution in [0.4, 0.5) is 0 Å². The first-order valence-electron chi connectivity index (χ1n) is 2.75. The van der Waals surface area contributed by atoms with Crippen molar-refractivity contribution in [2.45, 2.75) is 6.92 Å². The zero-order valence-corrected chi connectivity index (χ0v) is 6.57. The highest BCUT2D eigenvalue weighted by atomic mass is 32.1. The van der Waals surface area contributed by atoms with Gasteiger partial charge >= 0.3 is 5.97 Å². The SMILES string of the molecule is COC(=O)c1cc(C)sn1. The molecule has 54 valence electrons. The van der Waals surface area contributed by atoms with E-state index in [1.807, 2.05) is 6.92 Å². The quantitative estimate of drug-likeness (QED) is 0.576. The van der Waals surface area contributed by atoms with Crippen molar-refractivity contribution in [3.63, 3.8) is 0 Å². The van der Waals surface area contributed by atoms with Gasteiger partial charge in [0.05, 0.1) is 7.11 Å². The predicted octanol–water partition coefficient (Wildman–Crippen LogP) is 1.24. The molecular formula is C6H7NO2S. The highest BCUT2D eigenvalue weighted by molar-refractivity contribution is 7.05. The number of esters is 1. The van der Waals surface area contributed by atoms with E-state index < -0.39 is 0 Å². The Kier molecular flexibility index (Phi) is 2.01. The summed E-state index contributed by atoms with van der Waals surface area (Å²) in [5.41, 5.74) is 0.394. The van der Waals surface area contributed by atoms with E-state index >= 15 is 0 Å². The fourth-order valence-electron chi connectivity index (χ4n) is 0.567. The van der Waals surface area contributed by atoms with Crippen molar-refractivity contribution in [2.24, 2.45) is 0 Å². The highest BCUT2D eigenvalue weighted by Gasteiger charge is 2.07. The van der Waals surface area contributed by atoms with Crippen molar-refractivity contribution in [1.82, 2.24) is 4.37 Å². The summed E-state index contributed by atoms with van der Waals surface area (Å²) >= 11 is 1.30. The van der Waals surface area contributed by atoms with Crippen LogP contribution in [-0.4, -0.2) is 17.5 Å². The van der Waals surface area contributed by atoms with Gasteiger partial charge < -0.3 is 4.74 Å². The molecule has 0 unspecified atom stereocenters. The van der Waals surface area contributed by atoms with Crippen LogP contribution in [-0.2, 0) is 4.74 Å². The molecule has 4 heteroatoms. The maximum absolute atomic E-state index is 10.7. The number of carbonyl (C=O) groups excluding carboxylic acids is 1. The number of carbonyl (C=O) groups is 1. The van der Waals surface area contributed by atoms with Gasteiger partial charge in [0.2, 0.25) is 0 Å². The maximum atomic E-state index is 10.7. The predicted molar refractivity (Wildman–Crippen MR) is 38.2 cm³/mol. The minimum atomic E-state index is -0.371. The molecule has 0 bridgehead atoms. The number of hydrogen-bond donors (Lipinski definition) is 0. The van der Waals surface area contributed by atoms with Crippen LogP contribution in [0.15, 0.2) is 6.07 Å². The van der Waals surface area contributed by atoms with E-state index in [9.17, 15) is 4.79 Å². The van der Waals surface area contributed by atoms with Gasteiger partial charge in [0, 0.05) is 4.88 Å². The molecular weight excluding hydrogens is 150 g/mol. The third kappa shape index (κ3) is 1.33. The second-order valence-electron chi connectivity index (χ2n) is 1.81. The van der Waals surface area contributed by atoms with E-state index in [0.717, 1.165) is 4.88 Å². The summed E-state index contributed by atoms with van der Waals surface area (Å²) in [7, 11) is 1.34. The van der Waals surface area contributed by atoms with Crippen molar-refractivity contribution in [3.8, 4) is 0 Å². The number of rotatable bonds is 1. The van der Waals surface area contributed by atoms with Crippen LogP contribution >= 0.6 is 11.5 Å². The fourth-order valence-corrected chi connectivity index (χ4v) is 1.10. The lowest BCUT2D eigenvalue weighted by atomic mass is 10.4. The molecule has 0 N–H and O–H groups in total. The second-order valence-corrected chi connectivity index (χ2v) is 2.82. The Morgan fingerprint density at radius 3 is 2.90 bits per heavy atom. The Labute approximate surface area is 62.8 Å². The largest absolute Gasteiger partial charge is 0.464 e. The maximum Gasteiger partial charge on any atom is 0.357 e. The summed E-state index contributed by atoms with van der Waals surface area (Å²) in [6, 6.07) is 1.70. The summed E-state index contributed by atoms with van der Waals surface area (Å²) in [6.45, 7) is 1.89. The molecule has 1 heterocycles. The molecule has 0 atom stereocenters. The van der Waals surface area contributed by atoms with Crippen molar-refractivity contribution in [2.75, 3.05) is 7.11 Å². The molecule has 0 fully saturated rings. The number of aromatic nitrogens is 1. The number of nitrogens with zero attached hydrogens (tertiary/aromatic N) is 1. The lowest BCUT2D eigenvalue weighted by Gasteiger charge is -1.89. The van der Waals surface area contributed by atoms with E-state index in [1.54, 1.807) is 6.07 Å². The normalized spacial score (nSPS) is 9.40. The van der Waals surface area contributed by atoms with E-state index in [-0.39, 0.29) is 5.97 Å². The molecule has 10 heavy (non-hydrogen) atoms. The minimum absolute atomic E-state index is 0.371. The number of methoxy groups -OCH3 is 1. The van der Waals surface area contributed by atoms with Gasteiger partial charge in [0.15, 0.2) is 5.69 Å². The monoisotopic (exact) mass is 157 g/mol. The lowest BCUT2D eigenvalue weighted by molar-refractivity contribution is 0.0595. The smallest absolute Gasteiger partial charge is 0.357 e. The molecule has 1 rings (SSSR count). The third-order valence-electron chi connectivity index (χ3n) is 1.02. The van der Waals surface area contributed by atoms with Crippen LogP contribution in [0.1, 0.15) is 15.4 Å². The van der Waals surface area contributed by atoms with Crippen molar-refractivity contribution < 1.29 is 9.53 Å². The Morgan fingerprint density at radius 1 is 1.80 bits per heavy atom. The molecule has 0 spiro atoms. The van der Waals surface area contributed by atoms with Crippen LogP contribution in [0, 0.1) is 6.92 Å². The Morgan fingerprint density at radius 2 is 2.50 bits per heavy atom. The Bertz CT molecular complexity index is 244. The molecule has 3 nitrogen and oxygen atoms in total. The third-order valence-corrected chi connectivity index (χ3v) is 1.72. The van der Waals surface area contributed by atoms with E-state index in [1.165, 1.54) is 18.6 Å². The van der Waals surface area contributed by atoms with Crippen molar-refractivity contribution in [1.29, 1.82) is 0 Å². The summed E-state index contributed by atoms with van der Waals surface area (Å²) < 4.78 is 8.31. The van der Waals surface area contributed by atoms with Crippen LogP contribution < -0.4 is 0 Å². The zero-order chi connectivity index (χ0) is 7.56. The molecule has 1 aromatic heterocycles. The lowest BCUT2D eigenvalue weighted by Crippen LogP contribution is -2.00. The van der Waals surface area contributed by atoms with E-state index in [4.69, 9.17) is 0 Å². The van der Waals surface area contributed by atoms with E-state index in [2.05, 4.69) is 9.11 Å². The minimum Gasteiger partial charge on any atom is -0.464 e. The standard InChI is InChI=1S/C6H7NO2S/c1-4-3-5(7-10-4)6(8)9-2/h3H,1-2H3. The summed E-state index contributed by atoms with van der Waals surface area (Å²) in [6.07, 6.45) is 0. The molecule has 0 radical (unpaired) electrons.